The summed E-state index contributed by atoms with van der Waals surface area (Å²) in [6, 6.07) is 0.0852. The molecular weight excluding hydrogens is 294 g/mol. The first kappa shape index (κ1) is 16.5. The van der Waals surface area contributed by atoms with Gasteiger partial charge in [0.15, 0.2) is 0 Å². The van der Waals surface area contributed by atoms with Crippen LogP contribution in [0.5, 0.6) is 0 Å². The molecule has 3 N–H and O–H groups in total. The molecule has 1 saturated heterocycles. The molecule has 118 valence electrons. The average Bonchev–Trinajstić information content (AvgIpc) is 2.47. The lowest BCUT2D eigenvalue weighted by Crippen LogP contribution is -2.52. The van der Waals surface area contributed by atoms with E-state index >= 15 is 0 Å². The molecule has 2 aliphatic rings. The summed E-state index contributed by atoms with van der Waals surface area (Å²) in [6.45, 7) is 1.77. The van der Waals surface area contributed by atoms with Gasteiger partial charge in [0, 0.05) is 24.4 Å². The molecule has 0 aromatic heterocycles. The molecule has 7 heteroatoms. The number of nitrogens with one attached hydrogen (secondary N) is 1. The maximum atomic E-state index is 12.5. The van der Waals surface area contributed by atoms with Crippen LogP contribution in [-0.2, 0) is 10.2 Å². The highest BCUT2D eigenvalue weighted by Gasteiger charge is 2.33. The molecule has 20 heavy (non-hydrogen) atoms. The minimum absolute atomic E-state index is 0.0852. The number of hydrogen-bond acceptors (Lipinski definition) is 4. The predicted octanol–water partition coefficient (Wildman–Crippen LogP) is 1.17. The highest BCUT2D eigenvalue weighted by Crippen LogP contribution is 2.28. The van der Waals surface area contributed by atoms with Crippen molar-refractivity contribution in [1.82, 2.24) is 9.03 Å². The molecule has 0 aromatic rings. The fraction of sp³-hybridized carbons (Fsp3) is 1.00. The van der Waals surface area contributed by atoms with Crippen LogP contribution < -0.4 is 10.5 Å². The summed E-state index contributed by atoms with van der Waals surface area (Å²) in [5, 5.41) is 0.411. The van der Waals surface area contributed by atoms with Crippen LogP contribution >= 0.6 is 11.8 Å². The molecular formula is C13H27N3O2S2. The van der Waals surface area contributed by atoms with Crippen LogP contribution in [0, 0.1) is 5.92 Å². The Labute approximate surface area is 127 Å². The van der Waals surface area contributed by atoms with Crippen LogP contribution in [0.15, 0.2) is 0 Å². The second-order valence-electron chi connectivity index (χ2n) is 5.89. The summed E-state index contributed by atoms with van der Waals surface area (Å²) in [6.07, 6.45) is 8.43. The topological polar surface area (TPSA) is 75.4 Å². The minimum Gasteiger partial charge on any atom is -0.330 e. The molecule has 1 heterocycles. The number of nitrogens with two attached hydrogens (primary N) is 1. The van der Waals surface area contributed by atoms with E-state index in [1.807, 2.05) is 0 Å². The van der Waals surface area contributed by atoms with E-state index in [0.717, 1.165) is 32.1 Å². The highest BCUT2D eigenvalue weighted by molar-refractivity contribution is 7.99. The number of thioether (sulfide) groups is 1. The van der Waals surface area contributed by atoms with Gasteiger partial charge in [-0.2, -0.15) is 29.2 Å². The summed E-state index contributed by atoms with van der Waals surface area (Å²) >= 11 is 1.78. The van der Waals surface area contributed by atoms with E-state index < -0.39 is 10.2 Å². The minimum atomic E-state index is -3.35. The Balaban J connectivity index is 1.98. The molecule has 2 rings (SSSR count). The molecule has 1 saturated carbocycles. The number of rotatable bonds is 5. The SMILES string of the molecule is CSC1CCCCC1NS(=O)(=O)N1CCCC(CN)C1. The fourth-order valence-corrected chi connectivity index (χ4v) is 5.83. The van der Waals surface area contributed by atoms with Gasteiger partial charge in [0.25, 0.3) is 10.2 Å². The van der Waals surface area contributed by atoms with Crippen molar-refractivity contribution in [3.8, 4) is 0 Å². The summed E-state index contributed by atoms with van der Waals surface area (Å²) in [5.74, 6) is 0.308. The molecule has 1 aliphatic heterocycles. The van der Waals surface area contributed by atoms with E-state index in [1.54, 1.807) is 16.1 Å². The lowest BCUT2D eigenvalue weighted by atomic mass is 9.96. The van der Waals surface area contributed by atoms with Crippen molar-refractivity contribution in [3.63, 3.8) is 0 Å². The van der Waals surface area contributed by atoms with E-state index in [0.29, 0.717) is 30.8 Å². The number of hydrogen-bond donors (Lipinski definition) is 2. The Hall–Kier alpha value is 0.180. The van der Waals surface area contributed by atoms with Gasteiger partial charge >= 0.3 is 0 Å². The van der Waals surface area contributed by atoms with Crippen molar-refractivity contribution in [1.29, 1.82) is 0 Å². The van der Waals surface area contributed by atoms with Crippen molar-refractivity contribution in [2.24, 2.45) is 11.7 Å². The van der Waals surface area contributed by atoms with Crippen LogP contribution in [-0.4, -0.2) is 49.9 Å². The lowest BCUT2D eigenvalue weighted by molar-refractivity contribution is 0.265. The van der Waals surface area contributed by atoms with Crippen molar-refractivity contribution < 1.29 is 8.42 Å². The Bertz CT molecular complexity index is 402. The highest BCUT2D eigenvalue weighted by atomic mass is 32.2. The van der Waals surface area contributed by atoms with E-state index in [1.165, 1.54) is 6.42 Å². The van der Waals surface area contributed by atoms with Crippen LogP contribution in [0.1, 0.15) is 38.5 Å². The van der Waals surface area contributed by atoms with Crippen LogP contribution in [0.25, 0.3) is 0 Å². The lowest BCUT2D eigenvalue weighted by Gasteiger charge is -2.35. The smallest absolute Gasteiger partial charge is 0.279 e. The van der Waals surface area contributed by atoms with Gasteiger partial charge in [-0.3, -0.25) is 0 Å². The molecule has 5 nitrogen and oxygen atoms in total. The third-order valence-electron chi connectivity index (χ3n) is 4.46. The molecule has 2 fully saturated rings. The maximum Gasteiger partial charge on any atom is 0.279 e. The molecule has 0 bridgehead atoms. The molecule has 3 atom stereocenters. The third kappa shape index (κ3) is 4.10. The zero-order valence-electron chi connectivity index (χ0n) is 12.3. The molecule has 0 aromatic carbocycles. The van der Waals surface area contributed by atoms with Gasteiger partial charge in [-0.05, 0) is 44.4 Å². The van der Waals surface area contributed by atoms with Gasteiger partial charge < -0.3 is 5.73 Å². The Morgan fingerprint density at radius 3 is 2.70 bits per heavy atom. The maximum absolute atomic E-state index is 12.5. The first-order valence-electron chi connectivity index (χ1n) is 7.57. The van der Waals surface area contributed by atoms with Crippen LogP contribution in [0.2, 0.25) is 0 Å². The number of piperidine rings is 1. The Kier molecular flexibility index (Phi) is 6.16. The summed E-state index contributed by atoms with van der Waals surface area (Å²) < 4.78 is 29.6. The monoisotopic (exact) mass is 321 g/mol. The average molecular weight is 322 g/mol. The first-order valence-corrected chi connectivity index (χ1v) is 10.3. The van der Waals surface area contributed by atoms with Gasteiger partial charge in [-0.25, -0.2) is 0 Å². The molecule has 0 amide bonds. The molecule has 0 radical (unpaired) electrons. The van der Waals surface area contributed by atoms with E-state index in [2.05, 4.69) is 11.0 Å². The molecule has 3 unspecified atom stereocenters. The van der Waals surface area contributed by atoms with Crippen molar-refractivity contribution in [2.45, 2.75) is 49.8 Å². The quantitative estimate of drug-likeness (QED) is 0.797. The Morgan fingerprint density at radius 2 is 2.00 bits per heavy atom. The van der Waals surface area contributed by atoms with E-state index in [9.17, 15) is 8.42 Å². The van der Waals surface area contributed by atoms with Crippen LogP contribution in [0.3, 0.4) is 0 Å². The summed E-state index contributed by atoms with van der Waals surface area (Å²) in [4.78, 5) is 0. The van der Waals surface area contributed by atoms with E-state index in [-0.39, 0.29) is 6.04 Å². The first-order chi connectivity index (χ1) is 9.56. The van der Waals surface area contributed by atoms with Crippen molar-refractivity contribution in [3.05, 3.63) is 0 Å². The largest absolute Gasteiger partial charge is 0.330 e. The van der Waals surface area contributed by atoms with Crippen molar-refractivity contribution in [2.75, 3.05) is 25.9 Å². The van der Waals surface area contributed by atoms with Gasteiger partial charge in [0.1, 0.15) is 0 Å². The van der Waals surface area contributed by atoms with Gasteiger partial charge in [-0.1, -0.05) is 12.8 Å². The fourth-order valence-electron chi connectivity index (χ4n) is 3.22. The normalized spacial score (nSPS) is 33.2. The zero-order valence-corrected chi connectivity index (χ0v) is 13.9. The predicted molar refractivity (Wildman–Crippen MR) is 85.0 cm³/mol. The van der Waals surface area contributed by atoms with Crippen LogP contribution in [0.4, 0.5) is 0 Å². The summed E-state index contributed by atoms with van der Waals surface area (Å²) in [5.41, 5.74) is 5.69. The number of nitrogens with zero attached hydrogens (tertiary/aromatic N) is 1. The standard InChI is InChI=1S/C13H27N3O2S2/c1-19-13-7-3-2-6-12(13)15-20(17,18)16-8-4-5-11(9-14)10-16/h11-13,15H,2-10,14H2,1H3. The summed E-state index contributed by atoms with van der Waals surface area (Å²) in [7, 11) is -3.35. The third-order valence-corrected chi connectivity index (χ3v) is 7.24. The molecule has 1 aliphatic carbocycles. The second-order valence-corrected chi connectivity index (χ2v) is 8.67. The second kappa shape index (κ2) is 7.45. The molecule has 0 spiro atoms. The zero-order chi connectivity index (χ0) is 14.6. The Morgan fingerprint density at radius 1 is 1.25 bits per heavy atom. The van der Waals surface area contributed by atoms with Gasteiger partial charge in [0.2, 0.25) is 0 Å². The van der Waals surface area contributed by atoms with E-state index in [4.69, 9.17) is 5.73 Å². The van der Waals surface area contributed by atoms with Gasteiger partial charge in [0.05, 0.1) is 0 Å². The van der Waals surface area contributed by atoms with Gasteiger partial charge in [-0.15, -0.1) is 0 Å². The van der Waals surface area contributed by atoms with Crippen molar-refractivity contribution >= 4 is 22.0 Å².